The zero-order valence-corrected chi connectivity index (χ0v) is 25.0. The second-order valence-electron chi connectivity index (χ2n) is 10.3. The van der Waals surface area contributed by atoms with Gasteiger partial charge >= 0.3 is 0 Å². The summed E-state index contributed by atoms with van der Waals surface area (Å²) in [6.07, 6.45) is 2.41. The SMILES string of the molecule is CN(CCN1CCS(=O)(=O)CC1)CC(CNC(=O)c1ccc(Cl)s1)NC(=O)c1ccc(N2CCCCC2=O)cc1. The third kappa shape index (κ3) is 8.74. The van der Waals surface area contributed by atoms with Crippen LogP contribution in [0.5, 0.6) is 0 Å². The van der Waals surface area contributed by atoms with Crippen molar-refractivity contribution in [2.75, 3.05) is 69.3 Å². The molecule has 1 aromatic carbocycles. The van der Waals surface area contributed by atoms with Crippen LogP contribution in [0, 0.1) is 0 Å². The van der Waals surface area contributed by atoms with Gasteiger partial charge in [-0.25, -0.2) is 8.42 Å². The smallest absolute Gasteiger partial charge is 0.261 e. The van der Waals surface area contributed by atoms with Crippen LogP contribution >= 0.6 is 22.9 Å². The third-order valence-corrected chi connectivity index (χ3v) is 10.0. The van der Waals surface area contributed by atoms with Gasteiger partial charge in [0.25, 0.3) is 11.8 Å². The highest BCUT2D eigenvalue weighted by Gasteiger charge is 2.23. The van der Waals surface area contributed by atoms with Crippen LogP contribution in [0.2, 0.25) is 4.34 Å². The molecule has 2 saturated heterocycles. The number of nitrogens with zero attached hydrogens (tertiary/aromatic N) is 3. The Balaban J connectivity index is 1.36. The quantitative estimate of drug-likeness (QED) is 0.400. The standard InChI is InChI=1S/C27H36ClN5O5S2/c1-31(12-13-32-14-16-40(37,38)17-15-32)19-21(18-29-27(36)23-9-10-24(28)39-23)30-26(35)20-5-7-22(8-6-20)33-11-3-2-4-25(33)34/h5-10,21H,2-4,11-19H2,1H3,(H,29,36)(H,30,35). The fourth-order valence-corrected chi connectivity index (χ4v) is 7.03. The number of halogens is 1. The second-order valence-corrected chi connectivity index (χ2v) is 14.3. The van der Waals surface area contributed by atoms with Gasteiger partial charge in [0.05, 0.1) is 26.8 Å². The molecule has 1 aromatic heterocycles. The summed E-state index contributed by atoms with van der Waals surface area (Å²) in [5, 5.41) is 5.94. The molecular weight excluding hydrogens is 574 g/mol. The highest BCUT2D eigenvalue weighted by Crippen LogP contribution is 2.22. The van der Waals surface area contributed by atoms with Crippen LogP contribution < -0.4 is 15.5 Å². The number of piperidine rings is 1. The maximum Gasteiger partial charge on any atom is 0.261 e. The lowest BCUT2D eigenvalue weighted by molar-refractivity contribution is -0.119. The van der Waals surface area contributed by atoms with Gasteiger partial charge in [0.15, 0.2) is 9.84 Å². The molecule has 1 unspecified atom stereocenters. The average Bonchev–Trinajstić information content (AvgIpc) is 3.37. The van der Waals surface area contributed by atoms with Gasteiger partial charge in [-0.15, -0.1) is 11.3 Å². The van der Waals surface area contributed by atoms with E-state index in [4.69, 9.17) is 11.6 Å². The highest BCUT2D eigenvalue weighted by atomic mass is 35.5. The number of carbonyl (C=O) groups excluding carboxylic acids is 3. The van der Waals surface area contributed by atoms with Crippen molar-refractivity contribution in [2.24, 2.45) is 0 Å². The number of anilines is 1. The number of carbonyl (C=O) groups is 3. The lowest BCUT2D eigenvalue weighted by atomic mass is 10.1. The van der Waals surface area contributed by atoms with E-state index in [2.05, 4.69) is 20.4 Å². The van der Waals surface area contributed by atoms with Crippen molar-refractivity contribution < 1.29 is 22.8 Å². The van der Waals surface area contributed by atoms with E-state index in [1.165, 1.54) is 11.3 Å². The Kier molecular flexibility index (Phi) is 10.6. The van der Waals surface area contributed by atoms with Gasteiger partial charge in [-0.05, 0) is 56.3 Å². The summed E-state index contributed by atoms with van der Waals surface area (Å²) in [4.78, 5) is 44.5. The van der Waals surface area contributed by atoms with Crippen LogP contribution in [0.15, 0.2) is 36.4 Å². The molecule has 218 valence electrons. The summed E-state index contributed by atoms with van der Waals surface area (Å²) in [7, 11) is -0.996. The zero-order chi connectivity index (χ0) is 28.7. The molecule has 40 heavy (non-hydrogen) atoms. The van der Waals surface area contributed by atoms with Gasteiger partial charge in [-0.3, -0.25) is 14.4 Å². The Morgan fingerprint density at radius 2 is 1.77 bits per heavy atom. The fourth-order valence-electron chi connectivity index (χ4n) is 4.79. The molecule has 2 N–H and O–H groups in total. The summed E-state index contributed by atoms with van der Waals surface area (Å²) in [6.45, 7) is 3.81. The molecule has 0 bridgehead atoms. The van der Waals surface area contributed by atoms with Crippen molar-refractivity contribution in [3.05, 3.63) is 51.2 Å². The van der Waals surface area contributed by atoms with Gasteiger partial charge in [0.1, 0.15) is 0 Å². The number of sulfone groups is 1. The van der Waals surface area contributed by atoms with Crippen molar-refractivity contribution in [2.45, 2.75) is 25.3 Å². The van der Waals surface area contributed by atoms with Crippen molar-refractivity contribution in [3.8, 4) is 0 Å². The third-order valence-electron chi connectivity index (χ3n) is 7.17. The van der Waals surface area contributed by atoms with Gasteiger partial charge in [0.2, 0.25) is 5.91 Å². The molecule has 3 heterocycles. The summed E-state index contributed by atoms with van der Waals surface area (Å²) in [5.74, 6) is -0.0773. The summed E-state index contributed by atoms with van der Waals surface area (Å²) >= 11 is 7.16. The van der Waals surface area contributed by atoms with E-state index in [0.29, 0.717) is 60.5 Å². The first kappa shape index (κ1) is 30.4. The normalized spacial score (nSPS) is 18.5. The monoisotopic (exact) mass is 609 g/mol. The molecule has 2 aliphatic heterocycles. The molecule has 3 amide bonds. The number of rotatable bonds is 11. The van der Waals surface area contributed by atoms with Crippen molar-refractivity contribution in [1.82, 2.24) is 20.4 Å². The van der Waals surface area contributed by atoms with Gasteiger partial charge in [-0.1, -0.05) is 11.6 Å². The molecular formula is C27H36ClN5O5S2. The predicted octanol–water partition coefficient (Wildman–Crippen LogP) is 2.11. The number of benzene rings is 1. The van der Waals surface area contributed by atoms with Crippen molar-refractivity contribution in [3.63, 3.8) is 0 Å². The summed E-state index contributed by atoms with van der Waals surface area (Å²) < 4.78 is 23.9. The van der Waals surface area contributed by atoms with E-state index in [9.17, 15) is 22.8 Å². The van der Waals surface area contributed by atoms with Gasteiger partial charge in [0, 0.05) is 63.5 Å². The number of likely N-dealkylation sites (N-methyl/N-ethyl adjacent to an activating group) is 1. The van der Waals surface area contributed by atoms with E-state index >= 15 is 0 Å². The minimum atomic E-state index is -2.93. The lowest BCUT2D eigenvalue weighted by Crippen LogP contribution is -2.50. The second kappa shape index (κ2) is 13.9. The van der Waals surface area contributed by atoms with Crippen LogP contribution in [-0.2, 0) is 14.6 Å². The molecule has 10 nitrogen and oxygen atoms in total. The molecule has 0 aliphatic carbocycles. The zero-order valence-electron chi connectivity index (χ0n) is 22.6. The molecule has 4 rings (SSSR count). The largest absolute Gasteiger partial charge is 0.349 e. The first-order chi connectivity index (χ1) is 19.1. The molecule has 0 saturated carbocycles. The van der Waals surface area contributed by atoms with E-state index in [1.54, 1.807) is 41.3 Å². The molecule has 13 heteroatoms. The number of nitrogens with one attached hydrogen (secondary N) is 2. The first-order valence-corrected chi connectivity index (χ1v) is 16.5. The van der Waals surface area contributed by atoms with Crippen molar-refractivity contribution >= 4 is 56.2 Å². The van der Waals surface area contributed by atoms with E-state index in [0.717, 1.165) is 18.5 Å². The Morgan fingerprint density at radius 3 is 2.42 bits per heavy atom. The number of hydrogen-bond donors (Lipinski definition) is 2. The fraction of sp³-hybridized carbons (Fsp3) is 0.519. The van der Waals surface area contributed by atoms with E-state index < -0.39 is 9.84 Å². The first-order valence-electron chi connectivity index (χ1n) is 13.5. The van der Waals surface area contributed by atoms with E-state index in [-0.39, 0.29) is 41.8 Å². The van der Waals surface area contributed by atoms with Crippen LogP contribution in [0.4, 0.5) is 5.69 Å². The predicted molar refractivity (Wildman–Crippen MR) is 158 cm³/mol. The maximum atomic E-state index is 13.2. The molecule has 2 fully saturated rings. The Labute approximate surface area is 244 Å². The molecule has 2 aromatic rings. The van der Waals surface area contributed by atoms with Crippen LogP contribution in [0.1, 0.15) is 39.3 Å². The maximum absolute atomic E-state index is 13.2. The van der Waals surface area contributed by atoms with Crippen LogP contribution in [0.3, 0.4) is 0 Å². The van der Waals surface area contributed by atoms with Gasteiger partial charge in [-0.2, -0.15) is 0 Å². The van der Waals surface area contributed by atoms with Gasteiger partial charge < -0.3 is 25.3 Å². The molecule has 0 radical (unpaired) electrons. The van der Waals surface area contributed by atoms with Crippen LogP contribution in [0.25, 0.3) is 0 Å². The minimum absolute atomic E-state index is 0.0977. The van der Waals surface area contributed by atoms with Crippen molar-refractivity contribution in [1.29, 1.82) is 0 Å². The van der Waals surface area contributed by atoms with E-state index in [1.807, 2.05) is 7.05 Å². The Hall–Kier alpha value is -2.51. The molecule has 2 aliphatic rings. The minimum Gasteiger partial charge on any atom is -0.349 e. The number of hydrogen-bond acceptors (Lipinski definition) is 8. The average molecular weight is 610 g/mol. The lowest BCUT2D eigenvalue weighted by Gasteiger charge is -2.30. The molecule has 0 spiro atoms. The Bertz CT molecular complexity index is 1290. The topological polar surface area (TPSA) is 119 Å². The summed E-state index contributed by atoms with van der Waals surface area (Å²) in [6, 6.07) is 9.95. The number of amides is 3. The van der Waals surface area contributed by atoms with Crippen LogP contribution in [-0.4, -0.2) is 106 Å². The number of thiophene rings is 1. The Morgan fingerprint density at radius 1 is 1.05 bits per heavy atom. The molecule has 1 atom stereocenters. The highest BCUT2D eigenvalue weighted by molar-refractivity contribution is 7.91. The summed E-state index contributed by atoms with van der Waals surface area (Å²) in [5.41, 5.74) is 1.25.